The number of anilines is 2. The van der Waals surface area contributed by atoms with Crippen LogP contribution < -0.4 is 20.1 Å². The summed E-state index contributed by atoms with van der Waals surface area (Å²) >= 11 is 0. The van der Waals surface area contributed by atoms with Crippen molar-refractivity contribution in [1.29, 1.82) is 0 Å². The Morgan fingerprint density at radius 2 is 1.75 bits per heavy atom. The third-order valence-corrected chi connectivity index (χ3v) is 6.01. The molecule has 0 radical (unpaired) electrons. The van der Waals surface area contributed by atoms with E-state index in [9.17, 15) is 13.2 Å². The molecule has 28 heavy (non-hydrogen) atoms. The predicted molar refractivity (Wildman–Crippen MR) is 106 cm³/mol. The van der Waals surface area contributed by atoms with Gasteiger partial charge in [0.1, 0.15) is 19.3 Å². The molecule has 1 heterocycles. The highest BCUT2D eigenvalue weighted by Crippen LogP contribution is 2.32. The van der Waals surface area contributed by atoms with Crippen molar-refractivity contribution in [1.82, 2.24) is 4.31 Å². The van der Waals surface area contributed by atoms with Gasteiger partial charge in [0.15, 0.2) is 11.5 Å². The lowest BCUT2D eigenvalue weighted by atomic mass is 10.2. The average Bonchev–Trinajstić information content (AvgIpc) is 2.68. The van der Waals surface area contributed by atoms with Gasteiger partial charge in [-0.3, -0.25) is 4.79 Å². The number of nitrogens with zero attached hydrogens (tertiary/aromatic N) is 1. The van der Waals surface area contributed by atoms with Gasteiger partial charge in [-0.1, -0.05) is 6.07 Å². The minimum Gasteiger partial charge on any atom is -0.486 e. The maximum Gasteiger partial charge on any atom is 0.246 e. The number of nitrogens with one attached hydrogen (secondary N) is 2. The molecule has 0 saturated heterocycles. The van der Waals surface area contributed by atoms with E-state index in [0.29, 0.717) is 30.4 Å². The molecule has 8 nitrogen and oxygen atoms in total. The maximum absolute atomic E-state index is 12.5. The van der Waals surface area contributed by atoms with E-state index in [4.69, 9.17) is 9.47 Å². The number of hydrogen-bond donors (Lipinski definition) is 2. The molecule has 1 atom stereocenters. The van der Waals surface area contributed by atoms with Crippen molar-refractivity contribution >= 4 is 27.3 Å². The predicted octanol–water partition coefficient (Wildman–Crippen LogP) is 2.15. The zero-order chi connectivity index (χ0) is 20.3. The smallest absolute Gasteiger partial charge is 0.246 e. The molecule has 1 aliphatic rings. The Bertz CT molecular complexity index is 975. The van der Waals surface area contributed by atoms with Crippen molar-refractivity contribution in [2.75, 3.05) is 37.9 Å². The summed E-state index contributed by atoms with van der Waals surface area (Å²) in [5, 5.41) is 5.84. The Labute approximate surface area is 164 Å². The first-order chi connectivity index (χ1) is 13.3. The Kier molecular flexibility index (Phi) is 5.76. The number of benzene rings is 2. The number of carbonyl (C=O) groups is 1. The van der Waals surface area contributed by atoms with Crippen molar-refractivity contribution < 1.29 is 22.7 Å². The van der Waals surface area contributed by atoms with E-state index in [1.54, 1.807) is 31.2 Å². The van der Waals surface area contributed by atoms with E-state index in [2.05, 4.69) is 10.6 Å². The third kappa shape index (κ3) is 4.37. The lowest BCUT2D eigenvalue weighted by Crippen LogP contribution is -2.32. The molecule has 150 valence electrons. The highest BCUT2D eigenvalue weighted by Gasteiger charge is 2.19. The second-order valence-electron chi connectivity index (χ2n) is 6.53. The van der Waals surface area contributed by atoms with Gasteiger partial charge in [-0.05, 0) is 37.3 Å². The van der Waals surface area contributed by atoms with Gasteiger partial charge in [0.2, 0.25) is 15.9 Å². The second kappa shape index (κ2) is 8.07. The number of carbonyl (C=O) groups excluding carboxylic acids is 1. The molecule has 0 bridgehead atoms. The van der Waals surface area contributed by atoms with Crippen LogP contribution in [0.15, 0.2) is 47.4 Å². The fraction of sp³-hybridized carbons (Fsp3) is 0.316. The van der Waals surface area contributed by atoms with Crippen molar-refractivity contribution in [3.05, 3.63) is 42.5 Å². The maximum atomic E-state index is 12.5. The van der Waals surface area contributed by atoms with Gasteiger partial charge in [-0.2, -0.15) is 0 Å². The second-order valence-corrected chi connectivity index (χ2v) is 8.68. The molecule has 2 N–H and O–H groups in total. The van der Waals surface area contributed by atoms with Crippen molar-refractivity contribution in [2.24, 2.45) is 0 Å². The fourth-order valence-electron chi connectivity index (χ4n) is 2.64. The third-order valence-electron chi connectivity index (χ3n) is 4.20. The number of rotatable bonds is 6. The monoisotopic (exact) mass is 405 g/mol. The molecule has 1 amide bonds. The Morgan fingerprint density at radius 1 is 1.04 bits per heavy atom. The van der Waals surface area contributed by atoms with Crippen molar-refractivity contribution in [3.8, 4) is 11.5 Å². The number of ether oxygens (including phenoxy) is 2. The van der Waals surface area contributed by atoms with E-state index in [1.807, 2.05) is 6.07 Å². The summed E-state index contributed by atoms with van der Waals surface area (Å²) in [6.45, 7) is 2.71. The number of amides is 1. The quantitative estimate of drug-likeness (QED) is 0.764. The first-order valence-corrected chi connectivity index (χ1v) is 10.2. The van der Waals surface area contributed by atoms with Crippen LogP contribution in [0.1, 0.15) is 6.92 Å². The van der Waals surface area contributed by atoms with E-state index in [1.165, 1.54) is 26.2 Å². The standard InChI is InChI=1S/C19H23N3O5S/c1-13(20-15-7-8-17-18(12-15)27-10-9-26-17)19(23)21-14-5-4-6-16(11-14)28(24,25)22(2)3/h4-8,11-13,20H,9-10H2,1-3H3,(H,21,23). The van der Waals surface area contributed by atoms with E-state index in [0.717, 1.165) is 9.99 Å². The Hall–Kier alpha value is -2.78. The van der Waals surface area contributed by atoms with Crippen LogP contribution in [0.25, 0.3) is 0 Å². The molecule has 0 spiro atoms. The van der Waals surface area contributed by atoms with E-state index < -0.39 is 16.1 Å². The average molecular weight is 405 g/mol. The van der Waals surface area contributed by atoms with Crippen LogP contribution >= 0.6 is 0 Å². The SMILES string of the molecule is CC(Nc1ccc2c(c1)OCCO2)C(=O)Nc1cccc(S(=O)(=O)N(C)C)c1. The Balaban J connectivity index is 1.68. The minimum absolute atomic E-state index is 0.114. The first kappa shape index (κ1) is 20.0. The van der Waals surface area contributed by atoms with Crippen LogP contribution in [-0.2, 0) is 14.8 Å². The summed E-state index contributed by atoms with van der Waals surface area (Å²) < 4.78 is 36.6. The summed E-state index contributed by atoms with van der Waals surface area (Å²) in [5.74, 6) is 1.01. The summed E-state index contributed by atoms with van der Waals surface area (Å²) in [5.41, 5.74) is 1.12. The van der Waals surface area contributed by atoms with Gasteiger partial charge in [-0.25, -0.2) is 12.7 Å². The zero-order valence-electron chi connectivity index (χ0n) is 15.9. The van der Waals surface area contributed by atoms with Gasteiger partial charge < -0.3 is 20.1 Å². The van der Waals surface area contributed by atoms with Gasteiger partial charge in [-0.15, -0.1) is 0 Å². The molecular weight excluding hydrogens is 382 g/mol. The topological polar surface area (TPSA) is 97.0 Å². The van der Waals surface area contributed by atoms with E-state index >= 15 is 0 Å². The molecule has 1 aliphatic heterocycles. The highest BCUT2D eigenvalue weighted by atomic mass is 32.2. The van der Waals surface area contributed by atoms with Crippen LogP contribution in [0.2, 0.25) is 0 Å². The molecule has 0 aromatic heterocycles. The summed E-state index contributed by atoms with van der Waals surface area (Å²) in [6.07, 6.45) is 0. The molecule has 0 aliphatic carbocycles. The van der Waals surface area contributed by atoms with Gasteiger partial charge in [0.05, 0.1) is 4.90 Å². The van der Waals surface area contributed by atoms with Gasteiger partial charge >= 0.3 is 0 Å². The summed E-state index contributed by atoms with van der Waals surface area (Å²) in [4.78, 5) is 12.6. The molecule has 3 rings (SSSR count). The van der Waals surface area contributed by atoms with Crippen LogP contribution in [0, 0.1) is 0 Å². The highest BCUT2D eigenvalue weighted by molar-refractivity contribution is 7.89. The summed E-state index contributed by atoms with van der Waals surface area (Å²) in [6, 6.07) is 11.0. The molecule has 0 fully saturated rings. The van der Waals surface area contributed by atoms with Crippen molar-refractivity contribution in [3.63, 3.8) is 0 Å². The normalized spacial score (nSPS) is 14.4. The number of hydrogen-bond acceptors (Lipinski definition) is 6. The molecule has 2 aromatic carbocycles. The summed E-state index contributed by atoms with van der Waals surface area (Å²) in [7, 11) is -0.656. The van der Waals surface area contributed by atoms with Crippen LogP contribution in [0.3, 0.4) is 0 Å². The van der Waals surface area contributed by atoms with Gasteiger partial charge in [0.25, 0.3) is 0 Å². The fourth-order valence-corrected chi connectivity index (χ4v) is 3.59. The van der Waals surface area contributed by atoms with Gasteiger partial charge in [0, 0.05) is 31.5 Å². The Morgan fingerprint density at radius 3 is 2.46 bits per heavy atom. The molecular formula is C19H23N3O5S. The zero-order valence-corrected chi connectivity index (χ0v) is 16.7. The minimum atomic E-state index is -3.57. The van der Waals surface area contributed by atoms with E-state index in [-0.39, 0.29) is 10.8 Å². The van der Waals surface area contributed by atoms with Crippen LogP contribution in [-0.4, -0.2) is 52.0 Å². The molecule has 0 saturated carbocycles. The van der Waals surface area contributed by atoms with Crippen LogP contribution in [0.4, 0.5) is 11.4 Å². The number of sulfonamides is 1. The lowest BCUT2D eigenvalue weighted by molar-refractivity contribution is -0.116. The lowest BCUT2D eigenvalue weighted by Gasteiger charge is -2.20. The number of fused-ring (bicyclic) bond motifs is 1. The molecule has 9 heteroatoms. The first-order valence-electron chi connectivity index (χ1n) is 8.77. The van der Waals surface area contributed by atoms with Crippen molar-refractivity contribution in [2.45, 2.75) is 17.9 Å². The van der Waals surface area contributed by atoms with Crippen LogP contribution in [0.5, 0.6) is 11.5 Å². The molecule has 1 unspecified atom stereocenters. The largest absolute Gasteiger partial charge is 0.486 e. The molecule has 2 aromatic rings.